The molecule has 0 fully saturated rings. The maximum atomic E-state index is 13.1. The van der Waals surface area contributed by atoms with Crippen LogP contribution in [-0.4, -0.2) is 22.7 Å². The number of alkyl halides is 1. The molecule has 0 bridgehead atoms. The van der Waals surface area contributed by atoms with Crippen molar-refractivity contribution in [3.8, 4) is 0 Å². The monoisotopic (exact) mass is 318 g/mol. The number of non-ortho nitro benzene ring substituents is 1. The van der Waals surface area contributed by atoms with E-state index in [9.17, 15) is 19.3 Å². The summed E-state index contributed by atoms with van der Waals surface area (Å²) in [5.74, 6) is -1.30. The van der Waals surface area contributed by atoms with Crippen LogP contribution in [0.3, 0.4) is 0 Å². The molecule has 0 unspecified atom stereocenters. The van der Waals surface area contributed by atoms with E-state index in [0.717, 1.165) is 36.4 Å². The van der Waals surface area contributed by atoms with Crippen LogP contribution >= 0.6 is 15.9 Å². The van der Waals surface area contributed by atoms with Crippen molar-refractivity contribution in [1.82, 2.24) is 5.32 Å². The van der Waals surface area contributed by atoms with Crippen molar-refractivity contribution in [3.05, 3.63) is 39.7 Å². The van der Waals surface area contributed by atoms with Gasteiger partial charge in [-0.1, -0.05) is 15.9 Å². The summed E-state index contributed by atoms with van der Waals surface area (Å²) < 4.78 is 13.1. The number of hydrogen-bond donors (Lipinski definition) is 1. The fraction of sp³-hybridized carbons (Fsp3) is 0.364. The maximum Gasteiger partial charge on any atom is 0.273 e. The minimum absolute atomic E-state index is 0.0412. The first-order chi connectivity index (χ1) is 8.54. The highest BCUT2D eigenvalue weighted by Gasteiger charge is 2.14. The number of halogens is 2. The molecule has 1 amide bonds. The molecule has 0 spiro atoms. The first-order valence-electron chi connectivity index (χ1n) is 5.33. The summed E-state index contributed by atoms with van der Waals surface area (Å²) in [4.78, 5) is 21.4. The van der Waals surface area contributed by atoms with Crippen LogP contribution in [0.25, 0.3) is 0 Å². The van der Waals surface area contributed by atoms with Gasteiger partial charge in [-0.25, -0.2) is 4.39 Å². The van der Waals surface area contributed by atoms with Gasteiger partial charge in [0.2, 0.25) is 0 Å². The zero-order valence-corrected chi connectivity index (χ0v) is 11.1. The number of amides is 1. The molecule has 18 heavy (non-hydrogen) atoms. The van der Waals surface area contributed by atoms with E-state index in [-0.39, 0.29) is 5.56 Å². The predicted molar refractivity (Wildman–Crippen MR) is 68.4 cm³/mol. The van der Waals surface area contributed by atoms with Crippen molar-refractivity contribution in [2.24, 2.45) is 0 Å². The number of hydrogen-bond acceptors (Lipinski definition) is 3. The van der Waals surface area contributed by atoms with E-state index in [0.29, 0.717) is 6.54 Å². The number of rotatable bonds is 6. The number of unbranched alkanes of at least 4 members (excludes halogenated alkanes) is 1. The number of nitro benzene ring substituents is 1. The Morgan fingerprint density at radius 3 is 2.72 bits per heavy atom. The molecule has 5 nitrogen and oxygen atoms in total. The molecule has 7 heteroatoms. The van der Waals surface area contributed by atoms with Crippen LogP contribution in [0, 0.1) is 15.9 Å². The van der Waals surface area contributed by atoms with Gasteiger partial charge < -0.3 is 5.32 Å². The SMILES string of the molecule is O=C(NCCCCBr)c1cc(F)cc([N+](=O)[O-])c1. The first kappa shape index (κ1) is 14.6. The second kappa shape index (κ2) is 7.05. The highest BCUT2D eigenvalue weighted by molar-refractivity contribution is 9.09. The third-order valence-corrected chi connectivity index (χ3v) is 2.76. The molecule has 0 saturated carbocycles. The van der Waals surface area contributed by atoms with Gasteiger partial charge in [0.05, 0.1) is 11.0 Å². The normalized spacial score (nSPS) is 10.1. The summed E-state index contributed by atoms with van der Waals surface area (Å²) in [7, 11) is 0. The molecule has 0 aliphatic carbocycles. The Morgan fingerprint density at radius 1 is 1.39 bits per heavy atom. The van der Waals surface area contributed by atoms with E-state index in [1.807, 2.05) is 0 Å². The molecule has 0 aliphatic heterocycles. The number of benzene rings is 1. The molecule has 0 heterocycles. The molecule has 1 rings (SSSR count). The standard InChI is InChI=1S/C11H12BrFN2O3/c12-3-1-2-4-14-11(16)8-5-9(13)7-10(6-8)15(17)18/h5-7H,1-4H2,(H,14,16). The van der Waals surface area contributed by atoms with Crippen molar-refractivity contribution in [3.63, 3.8) is 0 Å². The fourth-order valence-electron chi connectivity index (χ4n) is 1.33. The van der Waals surface area contributed by atoms with E-state index in [1.54, 1.807) is 0 Å². The molecule has 0 radical (unpaired) electrons. The van der Waals surface area contributed by atoms with Gasteiger partial charge in [0.1, 0.15) is 5.82 Å². The summed E-state index contributed by atoms with van der Waals surface area (Å²) in [6.45, 7) is 0.453. The number of nitrogens with zero attached hydrogens (tertiary/aromatic N) is 1. The number of carbonyl (C=O) groups excluding carboxylic acids is 1. The highest BCUT2D eigenvalue weighted by Crippen LogP contribution is 2.16. The Hall–Kier alpha value is -1.50. The Bertz CT molecular complexity index is 454. The molecular weight excluding hydrogens is 307 g/mol. The van der Waals surface area contributed by atoms with Gasteiger partial charge in [0.15, 0.2) is 0 Å². The van der Waals surface area contributed by atoms with Gasteiger partial charge in [-0.2, -0.15) is 0 Å². The Balaban J connectivity index is 2.70. The quantitative estimate of drug-likeness (QED) is 0.379. The van der Waals surface area contributed by atoms with Crippen molar-refractivity contribution in [2.75, 3.05) is 11.9 Å². The molecule has 0 saturated heterocycles. The lowest BCUT2D eigenvalue weighted by molar-refractivity contribution is -0.385. The molecule has 98 valence electrons. The van der Waals surface area contributed by atoms with E-state index >= 15 is 0 Å². The lowest BCUT2D eigenvalue weighted by atomic mass is 10.2. The topological polar surface area (TPSA) is 72.2 Å². The summed E-state index contributed by atoms with van der Waals surface area (Å²) in [5, 5.41) is 13.9. The van der Waals surface area contributed by atoms with Crippen molar-refractivity contribution < 1.29 is 14.1 Å². The average Bonchev–Trinajstić information content (AvgIpc) is 2.33. The van der Waals surface area contributed by atoms with Crippen LogP contribution in [0.4, 0.5) is 10.1 Å². The van der Waals surface area contributed by atoms with Gasteiger partial charge >= 0.3 is 0 Å². The van der Waals surface area contributed by atoms with Crippen LogP contribution < -0.4 is 5.32 Å². The van der Waals surface area contributed by atoms with Gasteiger partial charge in [-0.05, 0) is 18.9 Å². The number of carbonyl (C=O) groups is 1. The van der Waals surface area contributed by atoms with Crippen LogP contribution in [0.5, 0.6) is 0 Å². The fourth-order valence-corrected chi connectivity index (χ4v) is 1.73. The van der Waals surface area contributed by atoms with Gasteiger partial charge in [0.25, 0.3) is 11.6 Å². The molecule has 1 aromatic rings. The first-order valence-corrected chi connectivity index (χ1v) is 6.46. The second-order valence-corrected chi connectivity index (χ2v) is 4.40. The highest BCUT2D eigenvalue weighted by atomic mass is 79.9. The van der Waals surface area contributed by atoms with E-state index < -0.39 is 22.3 Å². The molecule has 0 atom stereocenters. The second-order valence-electron chi connectivity index (χ2n) is 3.61. The molecule has 0 aromatic heterocycles. The summed E-state index contributed by atoms with van der Waals surface area (Å²) in [6, 6.07) is 2.82. The smallest absolute Gasteiger partial charge is 0.273 e. The van der Waals surface area contributed by atoms with Gasteiger partial charge in [-0.3, -0.25) is 14.9 Å². The largest absolute Gasteiger partial charge is 0.352 e. The zero-order chi connectivity index (χ0) is 13.5. The third kappa shape index (κ3) is 4.40. The number of nitro groups is 1. The molecule has 1 N–H and O–H groups in total. The molecule has 1 aromatic carbocycles. The lowest BCUT2D eigenvalue weighted by Gasteiger charge is -2.04. The molecule has 0 aliphatic rings. The van der Waals surface area contributed by atoms with Crippen molar-refractivity contribution >= 4 is 27.5 Å². The van der Waals surface area contributed by atoms with Crippen LogP contribution in [0.15, 0.2) is 18.2 Å². The predicted octanol–water partition coefficient (Wildman–Crippen LogP) is 2.64. The average molecular weight is 319 g/mol. The van der Waals surface area contributed by atoms with Crippen molar-refractivity contribution in [2.45, 2.75) is 12.8 Å². The maximum absolute atomic E-state index is 13.1. The zero-order valence-electron chi connectivity index (χ0n) is 9.49. The summed E-state index contributed by atoms with van der Waals surface area (Å²) in [6.07, 6.45) is 1.69. The van der Waals surface area contributed by atoms with Gasteiger partial charge in [-0.15, -0.1) is 0 Å². The van der Waals surface area contributed by atoms with E-state index in [1.165, 1.54) is 0 Å². The Morgan fingerprint density at radius 2 is 2.11 bits per heavy atom. The van der Waals surface area contributed by atoms with Crippen molar-refractivity contribution in [1.29, 1.82) is 0 Å². The molecular formula is C11H12BrFN2O3. The number of nitrogens with one attached hydrogen (secondary N) is 1. The van der Waals surface area contributed by atoms with Crippen LogP contribution in [-0.2, 0) is 0 Å². The van der Waals surface area contributed by atoms with E-state index in [4.69, 9.17) is 0 Å². The van der Waals surface area contributed by atoms with E-state index in [2.05, 4.69) is 21.2 Å². The minimum Gasteiger partial charge on any atom is -0.352 e. The van der Waals surface area contributed by atoms with Crippen LogP contribution in [0.2, 0.25) is 0 Å². The lowest BCUT2D eigenvalue weighted by Crippen LogP contribution is -2.24. The van der Waals surface area contributed by atoms with Gasteiger partial charge in [0, 0.05) is 23.5 Å². The Kier molecular flexibility index (Phi) is 5.70. The summed E-state index contributed by atoms with van der Waals surface area (Å²) in [5.41, 5.74) is -0.471. The van der Waals surface area contributed by atoms with Crippen LogP contribution in [0.1, 0.15) is 23.2 Å². The Labute approximate surface area is 112 Å². The summed E-state index contributed by atoms with van der Waals surface area (Å²) >= 11 is 3.26. The minimum atomic E-state index is -0.796. The third-order valence-electron chi connectivity index (χ3n) is 2.20.